The number of hydrogen-bond acceptors (Lipinski definition) is 4. The quantitative estimate of drug-likeness (QED) is 0.471. The summed E-state index contributed by atoms with van der Waals surface area (Å²) in [7, 11) is 0. The Labute approximate surface area is 109 Å². The Morgan fingerprint density at radius 1 is 1.11 bits per heavy atom. The molecule has 92 valence electrons. The van der Waals surface area contributed by atoms with Gasteiger partial charge in [0.15, 0.2) is 5.12 Å². The molecule has 4 heteroatoms. The van der Waals surface area contributed by atoms with Crippen molar-refractivity contribution in [2.24, 2.45) is 0 Å². The van der Waals surface area contributed by atoms with Crippen LogP contribution in [0.15, 0.2) is 41.3 Å². The Morgan fingerprint density at radius 3 is 2.50 bits per heavy atom. The van der Waals surface area contributed by atoms with Crippen LogP contribution in [0.25, 0.3) is 10.8 Å². The Bertz CT molecular complexity index is 619. The molecule has 0 amide bonds. The summed E-state index contributed by atoms with van der Waals surface area (Å²) in [5.74, 6) is 0.120. The van der Waals surface area contributed by atoms with Gasteiger partial charge in [0.1, 0.15) is 5.75 Å². The van der Waals surface area contributed by atoms with E-state index in [0.717, 1.165) is 27.4 Å². The highest BCUT2D eigenvalue weighted by Gasteiger charge is 2.08. The molecule has 0 unspecified atom stereocenters. The summed E-state index contributed by atoms with van der Waals surface area (Å²) in [5, 5.41) is 1.81. The molecular weight excluding hydrogens is 248 g/mol. The lowest BCUT2D eigenvalue weighted by molar-refractivity contribution is -0.131. The predicted molar refractivity (Wildman–Crippen MR) is 71.8 cm³/mol. The number of rotatable bonds is 2. The van der Waals surface area contributed by atoms with Gasteiger partial charge in [-0.1, -0.05) is 36.0 Å². The van der Waals surface area contributed by atoms with Gasteiger partial charge in [-0.3, -0.25) is 9.59 Å². The second-order valence-electron chi connectivity index (χ2n) is 3.83. The average molecular weight is 260 g/mol. The summed E-state index contributed by atoms with van der Waals surface area (Å²) in [6.45, 7) is 2.87. The van der Waals surface area contributed by atoms with Gasteiger partial charge in [0, 0.05) is 24.1 Å². The van der Waals surface area contributed by atoms with Crippen LogP contribution in [0.1, 0.15) is 13.8 Å². The van der Waals surface area contributed by atoms with Crippen LogP contribution in [0.2, 0.25) is 0 Å². The summed E-state index contributed by atoms with van der Waals surface area (Å²) in [5.41, 5.74) is 0. The second-order valence-corrected chi connectivity index (χ2v) is 5.08. The van der Waals surface area contributed by atoms with Gasteiger partial charge in [0.05, 0.1) is 0 Å². The van der Waals surface area contributed by atoms with Crippen molar-refractivity contribution in [2.75, 3.05) is 0 Å². The topological polar surface area (TPSA) is 43.4 Å². The highest BCUT2D eigenvalue weighted by molar-refractivity contribution is 8.13. The lowest BCUT2D eigenvalue weighted by atomic mass is 10.1. The van der Waals surface area contributed by atoms with E-state index in [1.54, 1.807) is 6.07 Å². The minimum atomic E-state index is -0.370. The van der Waals surface area contributed by atoms with Crippen molar-refractivity contribution in [3.05, 3.63) is 36.4 Å². The molecule has 0 heterocycles. The van der Waals surface area contributed by atoms with Gasteiger partial charge in [-0.25, -0.2) is 0 Å². The lowest BCUT2D eigenvalue weighted by Crippen LogP contribution is -2.02. The van der Waals surface area contributed by atoms with Crippen molar-refractivity contribution < 1.29 is 14.3 Å². The molecule has 0 bridgehead atoms. The molecule has 0 fully saturated rings. The third kappa shape index (κ3) is 2.90. The predicted octanol–water partition coefficient (Wildman–Crippen LogP) is 3.40. The molecular formula is C14H12O3S. The maximum absolute atomic E-state index is 11.1. The Kier molecular flexibility index (Phi) is 3.67. The van der Waals surface area contributed by atoms with Crippen molar-refractivity contribution in [3.8, 4) is 5.75 Å². The van der Waals surface area contributed by atoms with Gasteiger partial charge in [-0.15, -0.1) is 0 Å². The van der Waals surface area contributed by atoms with Gasteiger partial charge < -0.3 is 4.74 Å². The molecule has 2 aromatic rings. The molecule has 0 saturated carbocycles. The largest absolute Gasteiger partial charge is 0.426 e. The first-order valence-electron chi connectivity index (χ1n) is 5.46. The van der Waals surface area contributed by atoms with E-state index >= 15 is 0 Å². The summed E-state index contributed by atoms with van der Waals surface area (Å²) in [4.78, 5) is 23.0. The van der Waals surface area contributed by atoms with E-state index in [0.29, 0.717) is 5.75 Å². The maximum Gasteiger partial charge on any atom is 0.308 e. The molecule has 0 aliphatic rings. The Hall–Kier alpha value is -1.81. The van der Waals surface area contributed by atoms with Crippen LogP contribution in [-0.4, -0.2) is 11.1 Å². The van der Waals surface area contributed by atoms with Crippen LogP contribution >= 0.6 is 11.8 Å². The van der Waals surface area contributed by atoms with Gasteiger partial charge in [0.2, 0.25) is 0 Å². The molecule has 0 radical (unpaired) electrons. The van der Waals surface area contributed by atoms with Gasteiger partial charge >= 0.3 is 5.97 Å². The number of fused-ring (bicyclic) bond motifs is 1. The molecule has 0 aliphatic heterocycles. The summed E-state index contributed by atoms with van der Waals surface area (Å²) >= 11 is 1.12. The van der Waals surface area contributed by atoms with Crippen LogP contribution in [0.3, 0.4) is 0 Å². The first kappa shape index (κ1) is 12.6. The number of esters is 1. The molecule has 18 heavy (non-hydrogen) atoms. The van der Waals surface area contributed by atoms with Gasteiger partial charge in [-0.05, 0) is 17.5 Å². The zero-order valence-corrected chi connectivity index (χ0v) is 10.9. The SMILES string of the molecule is CC(=O)Oc1cc(SC(C)=O)cc2ccccc12. The highest BCUT2D eigenvalue weighted by atomic mass is 32.2. The van der Waals surface area contributed by atoms with Crippen LogP contribution in [0.4, 0.5) is 0 Å². The standard InChI is InChI=1S/C14H12O3S/c1-9(15)17-14-8-12(18-10(2)16)7-11-5-3-4-6-13(11)14/h3-8H,1-2H3. The summed E-state index contributed by atoms with van der Waals surface area (Å²) in [6, 6.07) is 11.2. The molecule has 3 nitrogen and oxygen atoms in total. The van der Waals surface area contributed by atoms with Crippen LogP contribution < -0.4 is 4.74 Å². The summed E-state index contributed by atoms with van der Waals surface area (Å²) < 4.78 is 5.19. The van der Waals surface area contributed by atoms with Crippen molar-refractivity contribution >= 4 is 33.6 Å². The molecule has 0 atom stereocenters. The minimum Gasteiger partial charge on any atom is -0.426 e. The Balaban J connectivity index is 2.56. The van der Waals surface area contributed by atoms with E-state index in [-0.39, 0.29) is 11.1 Å². The smallest absolute Gasteiger partial charge is 0.308 e. The maximum atomic E-state index is 11.1. The lowest BCUT2D eigenvalue weighted by Gasteiger charge is -2.08. The number of carbonyl (C=O) groups is 2. The zero-order valence-electron chi connectivity index (χ0n) is 10.1. The average Bonchev–Trinajstić information content (AvgIpc) is 2.27. The molecule has 2 rings (SSSR count). The van der Waals surface area contributed by atoms with E-state index in [2.05, 4.69) is 0 Å². The van der Waals surface area contributed by atoms with Crippen molar-refractivity contribution in [1.29, 1.82) is 0 Å². The molecule has 0 saturated heterocycles. The fourth-order valence-electron chi connectivity index (χ4n) is 1.71. The van der Waals surface area contributed by atoms with Crippen molar-refractivity contribution in [1.82, 2.24) is 0 Å². The Morgan fingerprint density at radius 2 is 1.83 bits per heavy atom. The van der Waals surface area contributed by atoms with Crippen molar-refractivity contribution in [2.45, 2.75) is 18.7 Å². The van der Waals surface area contributed by atoms with E-state index in [9.17, 15) is 9.59 Å². The monoisotopic (exact) mass is 260 g/mol. The number of benzene rings is 2. The highest BCUT2D eigenvalue weighted by Crippen LogP contribution is 2.32. The molecule has 0 aliphatic carbocycles. The third-order valence-electron chi connectivity index (χ3n) is 2.31. The normalized spacial score (nSPS) is 10.3. The van der Waals surface area contributed by atoms with E-state index in [4.69, 9.17) is 4.74 Å². The fraction of sp³-hybridized carbons (Fsp3) is 0.143. The number of carbonyl (C=O) groups excluding carboxylic acids is 2. The molecule has 0 aromatic heterocycles. The number of hydrogen-bond donors (Lipinski definition) is 0. The minimum absolute atomic E-state index is 0.000874. The molecule has 0 spiro atoms. The van der Waals surface area contributed by atoms with E-state index < -0.39 is 0 Å². The van der Waals surface area contributed by atoms with Gasteiger partial charge in [0.25, 0.3) is 0 Å². The van der Waals surface area contributed by atoms with Crippen LogP contribution in [0.5, 0.6) is 5.75 Å². The summed E-state index contributed by atoms with van der Waals surface area (Å²) in [6.07, 6.45) is 0. The molecule has 0 N–H and O–H groups in total. The van der Waals surface area contributed by atoms with E-state index in [1.165, 1.54) is 13.8 Å². The van der Waals surface area contributed by atoms with Crippen molar-refractivity contribution in [3.63, 3.8) is 0 Å². The van der Waals surface area contributed by atoms with Crippen LogP contribution in [0, 0.1) is 0 Å². The fourth-order valence-corrected chi connectivity index (χ4v) is 2.40. The first-order chi connectivity index (χ1) is 8.56. The second kappa shape index (κ2) is 5.23. The number of ether oxygens (including phenoxy) is 1. The molecule has 2 aromatic carbocycles. The zero-order chi connectivity index (χ0) is 13.1. The van der Waals surface area contributed by atoms with Crippen LogP contribution in [-0.2, 0) is 9.59 Å². The first-order valence-corrected chi connectivity index (χ1v) is 6.27. The van der Waals surface area contributed by atoms with Gasteiger partial charge in [-0.2, -0.15) is 0 Å². The third-order valence-corrected chi connectivity index (χ3v) is 3.07. The number of thioether (sulfide) groups is 1. The van der Waals surface area contributed by atoms with E-state index in [1.807, 2.05) is 30.3 Å².